The molecule has 6 rings (SSSR count). The second-order valence-corrected chi connectivity index (χ2v) is 10.4. The van der Waals surface area contributed by atoms with Crippen LogP contribution in [0, 0.1) is 19.8 Å². The normalized spacial score (nSPS) is 17.8. The van der Waals surface area contributed by atoms with Gasteiger partial charge in [-0.25, -0.2) is 0 Å². The van der Waals surface area contributed by atoms with Crippen LogP contribution in [0.5, 0.6) is 0 Å². The molecular formula is C29H34N4O3. The first kappa shape index (κ1) is 23.3. The summed E-state index contributed by atoms with van der Waals surface area (Å²) in [5.74, 6) is 0.979. The third kappa shape index (κ3) is 3.91. The van der Waals surface area contributed by atoms with Crippen molar-refractivity contribution in [3.63, 3.8) is 0 Å². The van der Waals surface area contributed by atoms with Gasteiger partial charge in [-0.1, -0.05) is 24.2 Å². The van der Waals surface area contributed by atoms with E-state index in [0.717, 1.165) is 78.1 Å². The Hall–Kier alpha value is -3.16. The molecule has 1 saturated heterocycles. The van der Waals surface area contributed by atoms with Crippen molar-refractivity contribution in [2.75, 3.05) is 26.3 Å². The Morgan fingerprint density at radius 3 is 2.56 bits per heavy atom. The minimum Gasteiger partial charge on any atom is -0.379 e. The zero-order chi connectivity index (χ0) is 25.0. The van der Waals surface area contributed by atoms with Crippen LogP contribution >= 0.6 is 0 Å². The molecule has 7 heteroatoms. The molecule has 1 atom stereocenters. The van der Waals surface area contributed by atoms with E-state index < -0.39 is 5.91 Å². The van der Waals surface area contributed by atoms with Crippen molar-refractivity contribution in [1.29, 1.82) is 0 Å². The van der Waals surface area contributed by atoms with Crippen molar-refractivity contribution >= 4 is 27.7 Å². The number of aromatic nitrogens is 2. The van der Waals surface area contributed by atoms with Gasteiger partial charge in [-0.2, -0.15) is 0 Å². The monoisotopic (exact) mass is 486 g/mol. The van der Waals surface area contributed by atoms with E-state index in [9.17, 15) is 4.79 Å². The number of nitrogens with two attached hydrogens (primary N) is 1. The summed E-state index contributed by atoms with van der Waals surface area (Å²) in [4.78, 5) is 15.3. The number of morpholine rings is 1. The van der Waals surface area contributed by atoms with Crippen molar-refractivity contribution in [3.8, 4) is 11.1 Å². The molecule has 2 aliphatic rings. The van der Waals surface area contributed by atoms with Gasteiger partial charge in [0.05, 0.1) is 30.0 Å². The smallest absolute Gasteiger partial charge is 0.250 e. The fraction of sp³-hybridized carbons (Fsp3) is 0.448. The Kier molecular flexibility index (Phi) is 5.85. The lowest BCUT2D eigenvalue weighted by atomic mass is 9.97. The van der Waals surface area contributed by atoms with Crippen LogP contribution in [0.2, 0.25) is 0 Å². The summed E-state index contributed by atoms with van der Waals surface area (Å²) in [6.45, 7) is 10.5. The highest BCUT2D eigenvalue weighted by Crippen LogP contribution is 2.41. The number of hydrogen-bond donors (Lipinski definition) is 1. The van der Waals surface area contributed by atoms with E-state index in [1.807, 2.05) is 19.9 Å². The summed E-state index contributed by atoms with van der Waals surface area (Å²) < 4.78 is 13.4. The fourth-order valence-electron chi connectivity index (χ4n) is 6.03. The van der Waals surface area contributed by atoms with Gasteiger partial charge in [0.2, 0.25) is 0 Å². The molecule has 1 saturated carbocycles. The van der Waals surface area contributed by atoms with E-state index in [0.29, 0.717) is 17.5 Å². The maximum atomic E-state index is 12.8. The van der Waals surface area contributed by atoms with Gasteiger partial charge >= 0.3 is 0 Å². The molecular weight excluding hydrogens is 452 g/mol. The van der Waals surface area contributed by atoms with Crippen LogP contribution in [0.3, 0.4) is 0 Å². The van der Waals surface area contributed by atoms with Crippen LogP contribution in [0.1, 0.15) is 59.6 Å². The standard InChI is InChI=1S/C29H34N4O3/c1-4-25(32-9-11-35-12-10-32)20-7-8-22-23-13-21(27-17(2)31-36-18(27)3)14-24(29(30)34)28(23)33(26(22)15-20)16-19-5-6-19/h7-8,13-15,19,25H,4-6,9-12,16H2,1-3H3,(H2,30,34). The van der Waals surface area contributed by atoms with Gasteiger partial charge in [0.1, 0.15) is 5.76 Å². The summed E-state index contributed by atoms with van der Waals surface area (Å²) in [5, 5.41) is 6.35. The number of ether oxygens (including phenoxy) is 1. The highest BCUT2D eigenvalue weighted by molar-refractivity contribution is 6.17. The molecule has 36 heavy (non-hydrogen) atoms. The Morgan fingerprint density at radius 2 is 1.92 bits per heavy atom. The number of aryl methyl sites for hydroxylation is 2. The first-order chi connectivity index (χ1) is 17.5. The maximum absolute atomic E-state index is 12.8. The molecule has 1 unspecified atom stereocenters. The van der Waals surface area contributed by atoms with E-state index in [1.54, 1.807) is 0 Å². The Balaban J connectivity index is 1.59. The summed E-state index contributed by atoms with van der Waals surface area (Å²) in [6, 6.07) is 11.3. The van der Waals surface area contributed by atoms with Crippen molar-refractivity contribution in [1.82, 2.24) is 14.6 Å². The van der Waals surface area contributed by atoms with E-state index in [-0.39, 0.29) is 0 Å². The molecule has 2 aromatic carbocycles. The van der Waals surface area contributed by atoms with Crippen LogP contribution in [-0.2, 0) is 11.3 Å². The second-order valence-electron chi connectivity index (χ2n) is 10.4. The number of primary amides is 1. The van der Waals surface area contributed by atoms with Gasteiger partial charge in [-0.05, 0) is 68.4 Å². The molecule has 188 valence electrons. The summed E-state index contributed by atoms with van der Waals surface area (Å²) >= 11 is 0. The zero-order valence-electron chi connectivity index (χ0n) is 21.3. The Bertz CT molecular complexity index is 1440. The number of benzene rings is 2. The number of hydrogen-bond acceptors (Lipinski definition) is 5. The molecule has 2 aromatic heterocycles. The Morgan fingerprint density at radius 1 is 1.14 bits per heavy atom. The predicted molar refractivity (Wildman–Crippen MR) is 141 cm³/mol. The molecule has 0 spiro atoms. The van der Waals surface area contributed by atoms with Crippen LogP contribution in [0.4, 0.5) is 0 Å². The first-order valence-corrected chi connectivity index (χ1v) is 13.1. The number of fused-ring (bicyclic) bond motifs is 3. The average Bonchev–Trinajstić information content (AvgIpc) is 3.57. The highest BCUT2D eigenvalue weighted by Gasteiger charge is 2.28. The summed E-state index contributed by atoms with van der Waals surface area (Å²) in [5.41, 5.74) is 12.7. The van der Waals surface area contributed by atoms with Crippen LogP contribution in [-0.4, -0.2) is 46.8 Å². The van der Waals surface area contributed by atoms with Crippen LogP contribution in [0.25, 0.3) is 32.9 Å². The fourth-order valence-corrected chi connectivity index (χ4v) is 6.03. The van der Waals surface area contributed by atoms with Crippen molar-refractivity contribution in [2.45, 2.75) is 52.6 Å². The van der Waals surface area contributed by atoms with Crippen molar-refractivity contribution < 1.29 is 14.1 Å². The zero-order valence-corrected chi connectivity index (χ0v) is 21.3. The molecule has 0 bridgehead atoms. The number of carbonyl (C=O) groups excluding carboxylic acids is 1. The SMILES string of the molecule is CCC(c1ccc2c3cc(-c4c(C)noc4C)cc(C(N)=O)c3n(CC3CC3)c2c1)N1CCOCC1. The third-order valence-corrected chi connectivity index (χ3v) is 7.97. The Labute approximate surface area is 211 Å². The van der Waals surface area contributed by atoms with Gasteiger partial charge in [0, 0.05) is 47.5 Å². The van der Waals surface area contributed by atoms with E-state index in [1.165, 1.54) is 23.9 Å². The molecule has 1 aliphatic heterocycles. The molecule has 2 fully saturated rings. The lowest BCUT2D eigenvalue weighted by molar-refractivity contribution is 0.0152. The van der Waals surface area contributed by atoms with Crippen LogP contribution < -0.4 is 5.73 Å². The lowest BCUT2D eigenvalue weighted by Crippen LogP contribution is -2.38. The molecule has 7 nitrogen and oxygen atoms in total. The number of carbonyl (C=O) groups is 1. The lowest BCUT2D eigenvalue weighted by Gasteiger charge is -2.34. The summed E-state index contributed by atoms with van der Waals surface area (Å²) in [6.07, 6.45) is 3.50. The van der Waals surface area contributed by atoms with E-state index in [2.05, 4.69) is 45.8 Å². The number of amides is 1. The molecule has 0 radical (unpaired) electrons. The minimum atomic E-state index is -0.409. The van der Waals surface area contributed by atoms with Crippen LogP contribution in [0.15, 0.2) is 34.9 Å². The second kappa shape index (κ2) is 9.05. The predicted octanol–water partition coefficient (Wildman–Crippen LogP) is 5.36. The van der Waals surface area contributed by atoms with Crippen molar-refractivity contribution in [2.24, 2.45) is 11.7 Å². The topological polar surface area (TPSA) is 86.5 Å². The van der Waals surface area contributed by atoms with E-state index in [4.69, 9.17) is 15.0 Å². The third-order valence-electron chi connectivity index (χ3n) is 7.97. The van der Waals surface area contributed by atoms with Crippen molar-refractivity contribution in [3.05, 3.63) is 52.9 Å². The maximum Gasteiger partial charge on any atom is 0.250 e. The first-order valence-electron chi connectivity index (χ1n) is 13.1. The quantitative estimate of drug-likeness (QED) is 0.380. The highest BCUT2D eigenvalue weighted by atomic mass is 16.5. The largest absolute Gasteiger partial charge is 0.379 e. The number of nitrogens with zero attached hydrogens (tertiary/aromatic N) is 3. The summed E-state index contributed by atoms with van der Waals surface area (Å²) in [7, 11) is 0. The molecule has 1 amide bonds. The van der Waals surface area contributed by atoms with Gasteiger partial charge < -0.3 is 19.6 Å². The number of rotatable bonds is 7. The van der Waals surface area contributed by atoms with Gasteiger partial charge in [0.25, 0.3) is 5.91 Å². The average molecular weight is 487 g/mol. The molecule has 4 aromatic rings. The molecule has 1 aliphatic carbocycles. The molecule has 3 heterocycles. The van der Waals surface area contributed by atoms with Gasteiger partial charge in [0.15, 0.2) is 0 Å². The minimum absolute atomic E-state index is 0.346. The van der Waals surface area contributed by atoms with Gasteiger partial charge in [-0.15, -0.1) is 0 Å². The van der Waals surface area contributed by atoms with E-state index >= 15 is 0 Å². The molecule has 2 N–H and O–H groups in total. The van der Waals surface area contributed by atoms with Gasteiger partial charge in [-0.3, -0.25) is 9.69 Å².